The molecule has 25 heavy (non-hydrogen) atoms. The maximum Gasteiger partial charge on any atom is 0.247 e. The third-order valence-electron chi connectivity index (χ3n) is 4.25. The quantitative estimate of drug-likeness (QED) is 0.523. The summed E-state index contributed by atoms with van der Waals surface area (Å²) in [6.45, 7) is 0.727. The highest BCUT2D eigenvalue weighted by atomic mass is 33.1. The van der Waals surface area contributed by atoms with Gasteiger partial charge in [0.1, 0.15) is 5.49 Å². The second-order valence-corrected chi connectivity index (χ2v) is 9.04. The highest BCUT2D eigenvalue weighted by Gasteiger charge is 2.15. The van der Waals surface area contributed by atoms with Crippen molar-refractivity contribution in [3.63, 3.8) is 0 Å². The van der Waals surface area contributed by atoms with Gasteiger partial charge in [-0.05, 0) is 37.0 Å². The molecule has 5 heteroatoms. The monoisotopic (exact) mass is 372 g/mol. The normalized spacial score (nSPS) is 17.8. The molecule has 1 aromatic heterocycles. The third-order valence-corrected chi connectivity index (χ3v) is 7.25. The number of unbranched alkanes of at least 4 members (excludes halogenated alkanes) is 1. The SMILES string of the molecule is O=C(CCCCC1CCSS1)N=c1ccccn1Cc1ccccc1. The summed E-state index contributed by atoms with van der Waals surface area (Å²) in [4.78, 5) is 16.6. The second kappa shape index (κ2) is 9.88. The number of hydrogen-bond acceptors (Lipinski definition) is 3. The number of carbonyl (C=O) groups is 1. The van der Waals surface area contributed by atoms with Crippen LogP contribution in [-0.2, 0) is 11.3 Å². The zero-order valence-electron chi connectivity index (χ0n) is 14.3. The Morgan fingerprint density at radius 3 is 2.76 bits per heavy atom. The Kier molecular flexibility index (Phi) is 7.24. The van der Waals surface area contributed by atoms with Gasteiger partial charge in [0.15, 0.2) is 0 Å². The van der Waals surface area contributed by atoms with E-state index in [9.17, 15) is 4.79 Å². The Labute approximate surface area is 157 Å². The van der Waals surface area contributed by atoms with Crippen LogP contribution in [0.4, 0.5) is 0 Å². The van der Waals surface area contributed by atoms with Crippen molar-refractivity contribution in [2.24, 2.45) is 4.99 Å². The van der Waals surface area contributed by atoms with Crippen LogP contribution in [0, 0.1) is 0 Å². The standard InChI is InChI=1S/C20H24N2OS2/c23-20(12-5-4-10-18-13-15-24-25-18)21-19-11-6-7-14-22(19)16-17-8-2-1-3-9-17/h1-3,6-9,11,14,18H,4-5,10,12-13,15-16H2. The number of pyridine rings is 1. The smallest absolute Gasteiger partial charge is 0.247 e. The number of rotatable bonds is 7. The molecule has 1 aromatic carbocycles. The lowest BCUT2D eigenvalue weighted by atomic mass is 10.1. The summed E-state index contributed by atoms with van der Waals surface area (Å²) >= 11 is 0. The molecule has 0 N–H and O–H groups in total. The molecule has 1 amide bonds. The van der Waals surface area contributed by atoms with Gasteiger partial charge in [0, 0.05) is 30.2 Å². The van der Waals surface area contributed by atoms with E-state index in [2.05, 4.69) is 17.1 Å². The molecule has 132 valence electrons. The largest absolute Gasteiger partial charge is 0.329 e. The average molecular weight is 373 g/mol. The Bertz CT molecular complexity index is 737. The van der Waals surface area contributed by atoms with Gasteiger partial charge in [0.25, 0.3) is 0 Å². The molecule has 2 aromatic rings. The Hall–Kier alpha value is -1.46. The van der Waals surface area contributed by atoms with Crippen LogP contribution in [0.5, 0.6) is 0 Å². The fraction of sp³-hybridized carbons (Fsp3) is 0.400. The number of nitrogens with zero attached hydrogens (tertiary/aromatic N) is 2. The molecule has 0 spiro atoms. The van der Waals surface area contributed by atoms with Gasteiger partial charge in [-0.1, -0.05) is 64.4 Å². The average Bonchev–Trinajstić information content (AvgIpc) is 3.15. The summed E-state index contributed by atoms with van der Waals surface area (Å²) in [5, 5.41) is 0.791. The number of hydrogen-bond donors (Lipinski definition) is 0. The van der Waals surface area contributed by atoms with E-state index in [1.54, 1.807) is 0 Å². The molecule has 1 atom stereocenters. The molecule has 0 saturated carbocycles. The Morgan fingerprint density at radius 1 is 1.12 bits per heavy atom. The third kappa shape index (κ3) is 6.08. The molecule has 1 fully saturated rings. The van der Waals surface area contributed by atoms with Crippen LogP contribution in [0.3, 0.4) is 0 Å². The lowest BCUT2D eigenvalue weighted by molar-refractivity contribution is -0.118. The molecule has 0 bridgehead atoms. The predicted octanol–water partition coefficient (Wildman–Crippen LogP) is 4.68. The van der Waals surface area contributed by atoms with Gasteiger partial charge in [-0.2, -0.15) is 4.99 Å². The van der Waals surface area contributed by atoms with Crippen LogP contribution in [0.15, 0.2) is 59.7 Å². The van der Waals surface area contributed by atoms with Crippen LogP contribution in [-0.4, -0.2) is 21.5 Å². The van der Waals surface area contributed by atoms with E-state index in [0.717, 1.165) is 30.1 Å². The van der Waals surface area contributed by atoms with Crippen LogP contribution in [0.2, 0.25) is 0 Å². The van der Waals surface area contributed by atoms with E-state index in [1.165, 1.54) is 24.2 Å². The fourth-order valence-corrected chi connectivity index (χ4v) is 5.91. The molecule has 1 saturated heterocycles. The number of amides is 1. The van der Waals surface area contributed by atoms with Crippen molar-refractivity contribution in [2.45, 2.75) is 43.9 Å². The van der Waals surface area contributed by atoms with Gasteiger partial charge in [-0.25, -0.2) is 0 Å². The van der Waals surface area contributed by atoms with E-state index in [0.29, 0.717) is 6.42 Å². The summed E-state index contributed by atoms with van der Waals surface area (Å²) in [7, 11) is 3.99. The lowest BCUT2D eigenvalue weighted by Gasteiger charge is -2.07. The van der Waals surface area contributed by atoms with Crippen molar-refractivity contribution in [3.8, 4) is 0 Å². The first kappa shape index (κ1) is 18.3. The first-order valence-electron chi connectivity index (χ1n) is 8.86. The van der Waals surface area contributed by atoms with Gasteiger partial charge < -0.3 is 4.57 Å². The summed E-state index contributed by atoms with van der Waals surface area (Å²) in [6.07, 6.45) is 7.13. The van der Waals surface area contributed by atoms with Crippen LogP contribution < -0.4 is 5.49 Å². The van der Waals surface area contributed by atoms with E-state index < -0.39 is 0 Å². The van der Waals surface area contributed by atoms with Gasteiger partial charge in [0.05, 0.1) is 0 Å². The number of benzene rings is 1. The number of carbonyl (C=O) groups excluding carboxylic acids is 1. The first-order chi connectivity index (χ1) is 12.3. The fourth-order valence-electron chi connectivity index (χ4n) is 2.88. The molecule has 0 aliphatic carbocycles. The second-order valence-electron chi connectivity index (χ2n) is 6.25. The molecule has 1 aliphatic rings. The Balaban J connectivity index is 1.55. The molecule has 0 radical (unpaired) electrons. The summed E-state index contributed by atoms with van der Waals surface area (Å²) in [6, 6.07) is 16.1. The van der Waals surface area contributed by atoms with Gasteiger partial charge in [0.2, 0.25) is 5.91 Å². The van der Waals surface area contributed by atoms with Gasteiger partial charge in [-0.15, -0.1) is 0 Å². The Morgan fingerprint density at radius 2 is 1.96 bits per heavy atom. The highest BCUT2D eigenvalue weighted by Crippen LogP contribution is 2.39. The molecule has 2 heterocycles. The zero-order valence-corrected chi connectivity index (χ0v) is 16.0. The maximum absolute atomic E-state index is 12.2. The van der Waals surface area contributed by atoms with Crippen LogP contribution in [0.25, 0.3) is 0 Å². The van der Waals surface area contributed by atoms with E-state index in [-0.39, 0.29) is 5.91 Å². The highest BCUT2D eigenvalue weighted by molar-refractivity contribution is 8.77. The van der Waals surface area contributed by atoms with Crippen molar-refractivity contribution in [1.29, 1.82) is 0 Å². The maximum atomic E-state index is 12.2. The molecule has 3 rings (SSSR count). The summed E-state index contributed by atoms with van der Waals surface area (Å²) in [5.41, 5.74) is 1.94. The van der Waals surface area contributed by atoms with Gasteiger partial charge in [-0.3, -0.25) is 4.79 Å². The van der Waals surface area contributed by atoms with Crippen molar-refractivity contribution in [1.82, 2.24) is 4.57 Å². The van der Waals surface area contributed by atoms with Gasteiger partial charge >= 0.3 is 0 Å². The predicted molar refractivity (Wildman–Crippen MR) is 107 cm³/mol. The van der Waals surface area contributed by atoms with Crippen molar-refractivity contribution < 1.29 is 4.79 Å². The van der Waals surface area contributed by atoms with Crippen molar-refractivity contribution >= 4 is 27.5 Å². The zero-order chi connectivity index (χ0) is 17.3. The molecule has 3 nitrogen and oxygen atoms in total. The number of aromatic nitrogens is 1. The van der Waals surface area contributed by atoms with Crippen molar-refractivity contribution in [3.05, 3.63) is 65.8 Å². The van der Waals surface area contributed by atoms with E-state index in [1.807, 2.05) is 68.7 Å². The molecular formula is C20H24N2OS2. The minimum Gasteiger partial charge on any atom is -0.329 e. The molecular weight excluding hydrogens is 348 g/mol. The van der Waals surface area contributed by atoms with Crippen LogP contribution >= 0.6 is 21.6 Å². The van der Waals surface area contributed by atoms with Crippen molar-refractivity contribution in [2.75, 3.05) is 5.75 Å². The summed E-state index contributed by atoms with van der Waals surface area (Å²) < 4.78 is 2.03. The minimum absolute atomic E-state index is 0.0125. The summed E-state index contributed by atoms with van der Waals surface area (Å²) in [5.74, 6) is 1.26. The topological polar surface area (TPSA) is 34.4 Å². The lowest BCUT2D eigenvalue weighted by Crippen LogP contribution is -2.22. The van der Waals surface area contributed by atoms with Crippen LogP contribution in [0.1, 0.15) is 37.7 Å². The minimum atomic E-state index is -0.0125. The van der Waals surface area contributed by atoms with E-state index >= 15 is 0 Å². The molecule has 1 unspecified atom stereocenters. The molecule has 1 aliphatic heterocycles. The van der Waals surface area contributed by atoms with E-state index in [4.69, 9.17) is 0 Å². The first-order valence-corrected chi connectivity index (χ1v) is 11.2.